The fourth-order valence-electron chi connectivity index (χ4n) is 2.56. The molecular formula is C13H16N6O4. The third-order valence-electron chi connectivity index (χ3n) is 3.61. The van der Waals surface area contributed by atoms with E-state index in [-0.39, 0.29) is 24.8 Å². The van der Waals surface area contributed by atoms with Gasteiger partial charge in [0.1, 0.15) is 24.3 Å². The molecule has 0 aromatic rings. The van der Waals surface area contributed by atoms with E-state index in [0.717, 1.165) is 0 Å². The van der Waals surface area contributed by atoms with E-state index >= 15 is 0 Å². The third kappa shape index (κ3) is 2.50. The number of hydrogen-bond donors (Lipinski definition) is 4. The molecular weight excluding hydrogens is 304 g/mol. The summed E-state index contributed by atoms with van der Waals surface area (Å²) in [7, 11) is 1.42. The van der Waals surface area contributed by atoms with E-state index in [2.05, 4.69) is 27.2 Å². The Labute approximate surface area is 131 Å². The summed E-state index contributed by atoms with van der Waals surface area (Å²) in [5, 5.41) is 27.1. The molecule has 10 nitrogen and oxygen atoms in total. The SMILES string of the molecule is COC#Cc1nnc2n(C3CC(O)C(CO)O3)c(N)nc(N)c1-2. The molecule has 3 rings (SSSR count). The first kappa shape index (κ1) is 15.3. The molecule has 6 N–H and O–H groups in total. The van der Waals surface area contributed by atoms with Crippen molar-refractivity contribution in [3.05, 3.63) is 5.69 Å². The molecule has 1 saturated heterocycles. The van der Waals surface area contributed by atoms with E-state index in [1.807, 2.05) is 0 Å². The highest BCUT2D eigenvalue weighted by Gasteiger charge is 2.37. The second-order valence-electron chi connectivity index (χ2n) is 5.02. The number of nitrogens with zero attached hydrogens (tertiary/aromatic N) is 4. The van der Waals surface area contributed by atoms with Crippen LogP contribution in [0.15, 0.2) is 0 Å². The lowest BCUT2D eigenvalue weighted by Gasteiger charge is -2.20. The molecule has 0 aromatic carbocycles. The van der Waals surface area contributed by atoms with Crippen LogP contribution in [-0.2, 0) is 9.47 Å². The van der Waals surface area contributed by atoms with Gasteiger partial charge >= 0.3 is 0 Å². The molecule has 0 bridgehead atoms. The number of nitrogens with two attached hydrogens (primary N) is 2. The second kappa shape index (κ2) is 5.88. The zero-order valence-electron chi connectivity index (χ0n) is 12.3. The molecule has 0 aromatic heterocycles. The van der Waals surface area contributed by atoms with Crippen LogP contribution < -0.4 is 11.5 Å². The third-order valence-corrected chi connectivity index (χ3v) is 3.61. The van der Waals surface area contributed by atoms with Crippen molar-refractivity contribution in [2.24, 2.45) is 0 Å². The highest BCUT2D eigenvalue weighted by atomic mass is 16.5. The average Bonchev–Trinajstić information content (AvgIpc) is 3.09. The van der Waals surface area contributed by atoms with Crippen LogP contribution in [0.1, 0.15) is 18.3 Å². The van der Waals surface area contributed by atoms with E-state index in [9.17, 15) is 10.2 Å². The molecule has 0 amide bonds. The molecule has 23 heavy (non-hydrogen) atoms. The normalized spacial score (nSPS) is 23.7. The molecule has 0 radical (unpaired) electrons. The number of aromatic nitrogens is 4. The number of rotatable bonds is 2. The van der Waals surface area contributed by atoms with E-state index in [0.29, 0.717) is 17.1 Å². The Hall–Kier alpha value is -2.61. The largest absolute Gasteiger partial charge is 0.450 e. The number of hydrogen-bond acceptors (Lipinski definition) is 9. The summed E-state index contributed by atoms with van der Waals surface area (Å²) in [5.41, 5.74) is 12.6. The minimum absolute atomic E-state index is 0.0666. The fourth-order valence-corrected chi connectivity index (χ4v) is 2.56. The lowest BCUT2D eigenvalue weighted by molar-refractivity contribution is -0.0436. The highest BCUT2D eigenvalue weighted by molar-refractivity contribution is 5.76. The predicted molar refractivity (Wildman–Crippen MR) is 78.8 cm³/mol. The Morgan fingerprint density at radius 3 is 2.87 bits per heavy atom. The summed E-state index contributed by atoms with van der Waals surface area (Å²) in [4.78, 5) is 4.07. The number of aliphatic hydroxyl groups excluding tert-OH is 2. The minimum Gasteiger partial charge on any atom is -0.450 e. The topological polar surface area (TPSA) is 155 Å². The Morgan fingerprint density at radius 1 is 1.43 bits per heavy atom. The van der Waals surface area contributed by atoms with Gasteiger partial charge < -0.3 is 31.2 Å². The molecule has 122 valence electrons. The van der Waals surface area contributed by atoms with Crippen LogP contribution in [-0.4, -0.2) is 55.9 Å². The first-order chi connectivity index (χ1) is 11.1. The number of nitrogen functional groups attached to an aromatic ring is 2. The molecule has 3 heterocycles. The van der Waals surface area contributed by atoms with Crippen molar-refractivity contribution in [1.29, 1.82) is 0 Å². The van der Waals surface area contributed by atoms with E-state index in [1.54, 1.807) is 0 Å². The van der Waals surface area contributed by atoms with Crippen molar-refractivity contribution in [3.8, 4) is 23.4 Å². The summed E-state index contributed by atoms with van der Waals surface area (Å²) in [6.45, 7) is -0.305. The Balaban J connectivity index is 2.07. The van der Waals surface area contributed by atoms with Crippen molar-refractivity contribution in [2.45, 2.75) is 24.9 Å². The van der Waals surface area contributed by atoms with Crippen molar-refractivity contribution in [1.82, 2.24) is 19.7 Å². The molecule has 1 fully saturated rings. The van der Waals surface area contributed by atoms with Crippen molar-refractivity contribution in [2.75, 3.05) is 25.2 Å². The Kier molecular flexibility index (Phi) is 3.91. The number of anilines is 2. The predicted octanol–water partition coefficient (Wildman–Crippen LogP) is -1.46. The lowest BCUT2D eigenvalue weighted by Crippen LogP contribution is -2.24. The highest BCUT2D eigenvalue weighted by Crippen LogP contribution is 2.37. The monoisotopic (exact) mass is 320 g/mol. The van der Waals surface area contributed by atoms with Gasteiger partial charge in [-0.15, -0.1) is 10.2 Å². The number of aliphatic hydroxyl groups is 2. The maximum Gasteiger partial charge on any atom is 0.205 e. The number of fused-ring (bicyclic) bond motifs is 1. The second-order valence-corrected chi connectivity index (χ2v) is 5.02. The lowest BCUT2D eigenvalue weighted by atomic mass is 10.1. The van der Waals surface area contributed by atoms with Crippen LogP contribution in [0.4, 0.5) is 11.8 Å². The smallest absolute Gasteiger partial charge is 0.205 e. The van der Waals surface area contributed by atoms with E-state index < -0.39 is 18.4 Å². The first-order valence-corrected chi connectivity index (χ1v) is 6.84. The van der Waals surface area contributed by atoms with Gasteiger partial charge in [-0.3, -0.25) is 4.57 Å². The molecule has 0 spiro atoms. The summed E-state index contributed by atoms with van der Waals surface area (Å²) in [6.07, 6.45) is 0.486. The molecule has 3 aliphatic rings. The molecule has 3 atom stereocenters. The Bertz CT molecular complexity index is 751. The fraction of sp³-hybridized carbons (Fsp3) is 0.462. The van der Waals surface area contributed by atoms with Crippen LogP contribution in [0, 0.1) is 12.0 Å². The first-order valence-electron chi connectivity index (χ1n) is 6.84. The van der Waals surface area contributed by atoms with Crippen molar-refractivity contribution < 1.29 is 19.7 Å². The maximum atomic E-state index is 9.90. The molecule has 0 aliphatic carbocycles. The zero-order valence-corrected chi connectivity index (χ0v) is 12.3. The Morgan fingerprint density at radius 2 is 2.22 bits per heavy atom. The summed E-state index contributed by atoms with van der Waals surface area (Å²) in [6, 6.07) is 0. The van der Waals surface area contributed by atoms with Gasteiger partial charge in [0, 0.05) is 6.42 Å². The standard InChI is InChI=1S/C13H16N6O4/c1-22-3-2-6-10-11(14)16-13(15)19(12(10)18-17-6)9-4-7(21)8(5-20)23-9/h7-9,20-21H,4-5,14H2,1H3,(H2,15,16). The summed E-state index contributed by atoms with van der Waals surface area (Å²) in [5.74, 6) is 3.22. The van der Waals surface area contributed by atoms with E-state index in [1.165, 1.54) is 11.7 Å². The summed E-state index contributed by atoms with van der Waals surface area (Å²) < 4.78 is 11.8. The molecule has 3 unspecified atom stereocenters. The van der Waals surface area contributed by atoms with Crippen LogP contribution in [0.5, 0.6) is 0 Å². The van der Waals surface area contributed by atoms with Gasteiger partial charge in [0.05, 0.1) is 25.4 Å². The van der Waals surface area contributed by atoms with Crippen molar-refractivity contribution in [3.63, 3.8) is 0 Å². The van der Waals surface area contributed by atoms with Crippen LogP contribution in [0.2, 0.25) is 0 Å². The summed E-state index contributed by atoms with van der Waals surface area (Å²) >= 11 is 0. The van der Waals surface area contributed by atoms with Gasteiger partial charge in [-0.1, -0.05) is 0 Å². The van der Waals surface area contributed by atoms with Crippen LogP contribution in [0.25, 0.3) is 11.4 Å². The molecule has 3 aliphatic heterocycles. The molecule has 0 saturated carbocycles. The number of ether oxygens (including phenoxy) is 2. The maximum absolute atomic E-state index is 9.90. The van der Waals surface area contributed by atoms with Gasteiger partial charge in [-0.2, -0.15) is 4.98 Å². The minimum atomic E-state index is -0.819. The van der Waals surface area contributed by atoms with Gasteiger partial charge in [0.2, 0.25) is 5.95 Å². The van der Waals surface area contributed by atoms with Crippen LogP contribution in [0.3, 0.4) is 0 Å². The zero-order chi connectivity index (χ0) is 16.6. The quantitative estimate of drug-likeness (QED) is 0.486. The van der Waals surface area contributed by atoms with Gasteiger partial charge in [0.25, 0.3) is 0 Å². The average molecular weight is 320 g/mol. The van der Waals surface area contributed by atoms with E-state index in [4.69, 9.17) is 20.9 Å². The van der Waals surface area contributed by atoms with Gasteiger partial charge in [-0.25, -0.2) is 0 Å². The van der Waals surface area contributed by atoms with Crippen molar-refractivity contribution >= 4 is 11.8 Å². The van der Waals surface area contributed by atoms with Gasteiger partial charge in [-0.05, 0) is 5.92 Å². The number of methoxy groups -OCH3 is 1. The molecule has 10 heteroatoms. The van der Waals surface area contributed by atoms with Gasteiger partial charge in [0.15, 0.2) is 11.5 Å². The van der Waals surface area contributed by atoms with Crippen LogP contribution >= 0.6 is 0 Å².